The van der Waals surface area contributed by atoms with Crippen LogP contribution in [-0.2, 0) is 6.54 Å². The summed E-state index contributed by atoms with van der Waals surface area (Å²) in [5.41, 5.74) is 5.55. The number of nitrogens with two attached hydrogens (primary N) is 1. The third kappa shape index (κ3) is 1.44. The molecule has 3 N–H and O–H groups in total. The van der Waals surface area contributed by atoms with Crippen LogP contribution in [0.4, 0.5) is 0 Å². The van der Waals surface area contributed by atoms with Gasteiger partial charge in [0.05, 0.1) is 0 Å². The maximum atomic E-state index is 10.9. The van der Waals surface area contributed by atoms with Gasteiger partial charge in [0.15, 0.2) is 0 Å². The van der Waals surface area contributed by atoms with Crippen molar-refractivity contribution in [3.05, 3.63) is 22.1 Å². The van der Waals surface area contributed by atoms with Gasteiger partial charge in [-0.15, -0.1) is 0 Å². The molecule has 0 saturated heterocycles. The van der Waals surface area contributed by atoms with Gasteiger partial charge in [-0.25, -0.2) is 0 Å². The third-order valence-electron chi connectivity index (χ3n) is 1.07. The molecule has 53 valence electrons. The van der Waals surface area contributed by atoms with E-state index in [9.17, 15) is 4.79 Å². The van der Waals surface area contributed by atoms with Gasteiger partial charge in [0.25, 0.3) is 0 Å². The van der Waals surface area contributed by atoms with Crippen LogP contribution in [0.25, 0.3) is 0 Å². The first kappa shape index (κ1) is 7.47. The van der Waals surface area contributed by atoms with Gasteiger partial charge in [0.2, 0.25) is 0 Å². The fourth-order valence-electron chi connectivity index (χ4n) is 0.550. The van der Waals surface area contributed by atoms with Crippen molar-refractivity contribution in [1.29, 1.82) is 0 Å². The molecule has 0 atom stereocenters. The summed E-state index contributed by atoms with van der Waals surface area (Å²) in [5, 5.41) is 0. The van der Waals surface area contributed by atoms with Crippen LogP contribution in [0.15, 0.2) is 11.0 Å². The van der Waals surface area contributed by atoms with E-state index in [1.54, 1.807) is 0 Å². The zero-order valence-electron chi connectivity index (χ0n) is 5.13. The Kier molecular flexibility index (Phi) is 2.21. The van der Waals surface area contributed by atoms with Gasteiger partial charge >= 0.3 is 65.1 Å². The molecule has 1 rings (SSSR count). The minimum atomic E-state index is -0.175. The van der Waals surface area contributed by atoms with E-state index >= 15 is 0 Å². The van der Waals surface area contributed by atoms with Gasteiger partial charge in [-0.3, -0.25) is 0 Å². The molecule has 10 heavy (non-hydrogen) atoms. The van der Waals surface area contributed by atoms with E-state index in [0.717, 1.165) is 0 Å². The summed E-state index contributed by atoms with van der Waals surface area (Å²) in [6.45, 7) is 0.225. The van der Waals surface area contributed by atoms with E-state index in [1.807, 2.05) is 0 Å². The Morgan fingerprint density at radius 2 is 2.50 bits per heavy atom. The number of aromatic amines is 1. The number of hydrogen-bond acceptors (Lipinski definition) is 3. The van der Waals surface area contributed by atoms with Crippen molar-refractivity contribution in [3.63, 3.8) is 0 Å². The van der Waals surface area contributed by atoms with Gasteiger partial charge in [-0.1, -0.05) is 0 Å². The molecular weight excluding hydrogens is 197 g/mol. The molecule has 0 fully saturated rings. The molecule has 0 amide bonds. The molecule has 0 unspecified atom stereocenters. The Labute approximate surface area is 65.7 Å². The van der Waals surface area contributed by atoms with Crippen LogP contribution in [0, 0.1) is 0 Å². The van der Waals surface area contributed by atoms with Gasteiger partial charge in [0.1, 0.15) is 0 Å². The molecule has 0 aliphatic carbocycles. The molecule has 0 saturated carbocycles. The summed E-state index contributed by atoms with van der Waals surface area (Å²) >= 11 is 2.59. The standard InChI is InChI=1S/C5H6N3OSe/c6-1-3-2-7-5(10)8-4(3)9/h2H,1,6H2,(H,7,8,9). The number of aromatic nitrogens is 2. The fraction of sp³-hybridized carbons (Fsp3) is 0.200. The number of nitrogens with one attached hydrogen (secondary N) is 1. The first-order chi connectivity index (χ1) is 4.74. The number of hydrogen-bond donors (Lipinski definition) is 2. The predicted octanol–water partition coefficient (Wildman–Crippen LogP) is -1.98. The van der Waals surface area contributed by atoms with E-state index in [4.69, 9.17) is 5.73 Å². The van der Waals surface area contributed by atoms with Crippen LogP contribution in [0.5, 0.6) is 0 Å². The summed E-state index contributed by atoms with van der Waals surface area (Å²) in [4.78, 5) is 17.2. The third-order valence-corrected chi connectivity index (χ3v) is 1.50. The first-order valence-electron chi connectivity index (χ1n) is 2.69. The predicted molar refractivity (Wildman–Crippen MR) is 38.1 cm³/mol. The second-order valence-corrected chi connectivity index (χ2v) is 2.56. The summed E-state index contributed by atoms with van der Waals surface area (Å²) in [6, 6.07) is 0. The maximum absolute atomic E-state index is 10.9. The van der Waals surface area contributed by atoms with Gasteiger partial charge in [0, 0.05) is 0 Å². The van der Waals surface area contributed by atoms with E-state index < -0.39 is 0 Å². The van der Waals surface area contributed by atoms with Crippen molar-refractivity contribution >= 4 is 20.7 Å². The topological polar surface area (TPSA) is 71.8 Å². The quantitative estimate of drug-likeness (QED) is 0.519. The molecular formula is C5H6N3OSe. The van der Waals surface area contributed by atoms with E-state index in [1.165, 1.54) is 6.20 Å². The Balaban J connectivity index is 3.20. The first-order valence-corrected chi connectivity index (χ1v) is 3.55. The minimum absolute atomic E-state index is 0.175. The van der Waals surface area contributed by atoms with Crippen molar-refractivity contribution in [1.82, 2.24) is 9.97 Å². The van der Waals surface area contributed by atoms with Crippen molar-refractivity contribution < 1.29 is 0 Å². The molecule has 0 spiro atoms. The zero-order chi connectivity index (χ0) is 7.56. The van der Waals surface area contributed by atoms with Gasteiger partial charge in [-0.05, 0) is 0 Å². The molecule has 4 nitrogen and oxygen atoms in total. The monoisotopic (exact) mass is 204 g/mol. The Morgan fingerprint density at radius 3 is 3.00 bits per heavy atom. The summed E-state index contributed by atoms with van der Waals surface area (Å²) in [6.07, 6.45) is 1.46. The number of nitrogens with zero attached hydrogens (tertiary/aromatic N) is 1. The van der Waals surface area contributed by atoms with Crippen molar-refractivity contribution in [3.8, 4) is 0 Å². The summed E-state index contributed by atoms with van der Waals surface area (Å²) < 4.78 is 0.488. The second kappa shape index (κ2) is 2.96. The molecule has 1 radical (unpaired) electrons. The van der Waals surface area contributed by atoms with Crippen LogP contribution in [-0.4, -0.2) is 26.0 Å². The van der Waals surface area contributed by atoms with Crippen molar-refractivity contribution in [2.45, 2.75) is 6.54 Å². The molecule has 0 aromatic carbocycles. The molecule has 0 bridgehead atoms. The number of H-pyrrole nitrogens is 1. The van der Waals surface area contributed by atoms with Gasteiger partial charge in [-0.2, -0.15) is 0 Å². The average molecular weight is 203 g/mol. The van der Waals surface area contributed by atoms with Crippen LogP contribution >= 0.6 is 0 Å². The van der Waals surface area contributed by atoms with Crippen LogP contribution in [0.2, 0.25) is 0 Å². The fourth-order valence-corrected chi connectivity index (χ4v) is 0.855. The SMILES string of the molecule is NCc1cnc([Se])[nH]c1=O. The van der Waals surface area contributed by atoms with E-state index in [2.05, 4.69) is 26.0 Å². The van der Waals surface area contributed by atoms with Crippen LogP contribution in [0.1, 0.15) is 5.56 Å². The molecule has 0 aliphatic rings. The van der Waals surface area contributed by atoms with Crippen molar-refractivity contribution in [2.24, 2.45) is 5.73 Å². The van der Waals surface area contributed by atoms with Crippen molar-refractivity contribution in [2.75, 3.05) is 0 Å². The second-order valence-electron chi connectivity index (χ2n) is 1.75. The average Bonchev–Trinajstić information content (AvgIpc) is 1.88. The molecule has 1 heterocycles. The Morgan fingerprint density at radius 1 is 1.80 bits per heavy atom. The van der Waals surface area contributed by atoms with Crippen LogP contribution in [0.3, 0.4) is 0 Å². The normalized spacial score (nSPS) is 9.70. The molecule has 5 heteroatoms. The summed E-state index contributed by atoms with van der Waals surface area (Å²) in [5.74, 6) is 0. The van der Waals surface area contributed by atoms with E-state index in [0.29, 0.717) is 10.3 Å². The summed E-state index contributed by atoms with van der Waals surface area (Å²) in [7, 11) is 0. The zero-order valence-corrected chi connectivity index (χ0v) is 6.84. The van der Waals surface area contributed by atoms with Crippen LogP contribution < -0.4 is 16.0 Å². The Hall–Kier alpha value is -0.641. The van der Waals surface area contributed by atoms with Gasteiger partial charge < -0.3 is 0 Å². The molecule has 1 aromatic rings. The molecule has 1 aromatic heterocycles. The Bertz CT molecular complexity index is 282. The molecule has 0 aliphatic heterocycles. The van der Waals surface area contributed by atoms with E-state index in [-0.39, 0.29) is 12.1 Å². The number of rotatable bonds is 1.